The van der Waals surface area contributed by atoms with Crippen molar-refractivity contribution in [2.75, 3.05) is 26.7 Å². The second kappa shape index (κ2) is 10.3. The van der Waals surface area contributed by atoms with Crippen molar-refractivity contribution in [3.8, 4) is 17.1 Å². The van der Waals surface area contributed by atoms with E-state index in [2.05, 4.69) is 27.5 Å². The summed E-state index contributed by atoms with van der Waals surface area (Å²) in [6.45, 7) is 2.59. The zero-order valence-electron chi connectivity index (χ0n) is 17.9. The average Bonchev–Trinajstić information content (AvgIpc) is 3.17. The van der Waals surface area contributed by atoms with Crippen molar-refractivity contribution in [3.05, 3.63) is 71.9 Å². The predicted octanol–water partition coefficient (Wildman–Crippen LogP) is 4.70. The van der Waals surface area contributed by atoms with E-state index in [9.17, 15) is 4.79 Å². The standard InChI is InChI=1S/C25H29N3O3/c1-30-21-13-11-19(12-14-21)23(28-15-7-2-3-8-16-28)18-26-25(29)22-17-24(31-27-22)20-9-5-4-6-10-20/h4-6,9-14,17,23H,2-3,7-8,15-16,18H2,1H3,(H,26,29)/t23-/m0/s1. The number of ether oxygens (including phenoxy) is 1. The van der Waals surface area contributed by atoms with Gasteiger partial charge in [0.05, 0.1) is 13.2 Å². The maximum Gasteiger partial charge on any atom is 0.273 e. The second-order valence-corrected chi connectivity index (χ2v) is 7.89. The van der Waals surface area contributed by atoms with Crippen LogP contribution in [0.4, 0.5) is 0 Å². The number of likely N-dealkylation sites (tertiary alicyclic amines) is 1. The molecular formula is C25H29N3O3. The fourth-order valence-electron chi connectivity index (χ4n) is 4.09. The van der Waals surface area contributed by atoms with Crippen molar-refractivity contribution in [2.45, 2.75) is 31.7 Å². The Balaban J connectivity index is 1.47. The number of aromatic nitrogens is 1. The van der Waals surface area contributed by atoms with E-state index in [1.54, 1.807) is 13.2 Å². The molecule has 0 bridgehead atoms. The van der Waals surface area contributed by atoms with E-state index in [0.717, 1.165) is 24.4 Å². The molecule has 3 aromatic rings. The van der Waals surface area contributed by atoms with Gasteiger partial charge in [0, 0.05) is 18.2 Å². The molecule has 31 heavy (non-hydrogen) atoms. The molecule has 2 aromatic carbocycles. The fourth-order valence-corrected chi connectivity index (χ4v) is 4.09. The van der Waals surface area contributed by atoms with E-state index in [1.807, 2.05) is 42.5 Å². The lowest BCUT2D eigenvalue weighted by molar-refractivity contribution is 0.0924. The van der Waals surface area contributed by atoms with Crippen molar-refractivity contribution in [1.82, 2.24) is 15.4 Å². The smallest absolute Gasteiger partial charge is 0.273 e. The Labute approximate surface area is 183 Å². The topological polar surface area (TPSA) is 67.6 Å². The van der Waals surface area contributed by atoms with E-state index in [1.165, 1.54) is 31.2 Å². The molecule has 1 amide bonds. The molecule has 0 unspecified atom stereocenters. The lowest BCUT2D eigenvalue weighted by Crippen LogP contribution is -2.38. The first kappa shape index (κ1) is 21.1. The Morgan fingerprint density at radius 1 is 1.06 bits per heavy atom. The first-order valence-corrected chi connectivity index (χ1v) is 10.9. The summed E-state index contributed by atoms with van der Waals surface area (Å²) in [5, 5.41) is 7.05. The van der Waals surface area contributed by atoms with E-state index < -0.39 is 0 Å². The SMILES string of the molecule is COc1ccc([C@H](CNC(=O)c2cc(-c3ccccc3)on2)N2CCCCCC2)cc1. The van der Waals surface area contributed by atoms with Crippen LogP contribution in [0.25, 0.3) is 11.3 Å². The molecule has 1 atom stereocenters. The van der Waals surface area contributed by atoms with E-state index in [0.29, 0.717) is 18.0 Å². The Bertz CT molecular complexity index is 961. The Morgan fingerprint density at radius 2 is 1.77 bits per heavy atom. The number of carbonyl (C=O) groups excluding carboxylic acids is 1. The van der Waals surface area contributed by atoms with Crippen molar-refractivity contribution in [2.24, 2.45) is 0 Å². The number of nitrogens with zero attached hydrogens (tertiary/aromatic N) is 2. The van der Waals surface area contributed by atoms with Crippen LogP contribution in [-0.4, -0.2) is 42.7 Å². The Morgan fingerprint density at radius 3 is 2.45 bits per heavy atom. The van der Waals surface area contributed by atoms with Gasteiger partial charge in [-0.25, -0.2) is 0 Å². The lowest BCUT2D eigenvalue weighted by atomic mass is 10.0. The second-order valence-electron chi connectivity index (χ2n) is 7.89. The van der Waals surface area contributed by atoms with Gasteiger partial charge in [-0.2, -0.15) is 0 Å². The number of benzene rings is 2. The van der Waals surface area contributed by atoms with Crippen molar-refractivity contribution < 1.29 is 14.1 Å². The number of carbonyl (C=O) groups is 1. The van der Waals surface area contributed by atoms with Crippen molar-refractivity contribution in [3.63, 3.8) is 0 Å². The highest BCUT2D eigenvalue weighted by molar-refractivity contribution is 5.93. The molecule has 0 radical (unpaired) electrons. The third kappa shape index (κ3) is 5.33. The van der Waals surface area contributed by atoms with Crippen LogP contribution in [0.15, 0.2) is 65.2 Å². The highest BCUT2D eigenvalue weighted by atomic mass is 16.5. The molecule has 6 heteroatoms. The van der Waals surface area contributed by atoms with Gasteiger partial charge in [0.2, 0.25) is 0 Å². The van der Waals surface area contributed by atoms with Crippen molar-refractivity contribution >= 4 is 5.91 Å². The quantitative estimate of drug-likeness (QED) is 0.601. The zero-order chi connectivity index (χ0) is 21.5. The van der Waals surface area contributed by atoms with Gasteiger partial charge in [-0.1, -0.05) is 60.5 Å². The van der Waals surface area contributed by atoms with Crippen LogP contribution in [0.3, 0.4) is 0 Å². The van der Waals surface area contributed by atoms with Crippen LogP contribution in [0.5, 0.6) is 5.75 Å². The van der Waals surface area contributed by atoms with Crippen molar-refractivity contribution in [1.29, 1.82) is 0 Å². The molecule has 0 spiro atoms. The van der Waals surface area contributed by atoms with Crippen LogP contribution in [0.2, 0.25) is 0 Å². The molecule has 162 valence electrons. The summed E-state index contributed by atoms with van der Waals surface area (Å²) in [7, 11) is 1.67. The maximum atomic E-state index is 12.8. The van der Waals surface area contributed by atoms with E-state index in [-0.39, 0.29) is 11.9 Å². The largest absolute Gasteiger partial charge is 0.497 e. The number of methoxy groups -OCH3 is 1. The van der Waals surface area contributed by atoms with Crippen LogP contribution in [0, 0.1) is 0 Å². The highest BCUT2D eigenvalue weighted by Gasteiger charge is 2.23. The summed E-state index contributed by atoms with van der Waals surface area (Å²) >= 11 is 0. The molecule has 1 aliphatic rings. The highest BCUT2D eigenvalue weighted by Crippen LogP contribution is 2.26. The minimum Gasteiger partial charge on any atom is -0.497 e. The third-order valence-corrected chi connectivity index (χ3v) is 5.84. The van der Waals surface area contributed by atoms with Gasteiger partial charge in [-0.05, 0) is 43.6 Å². The van der Waals surface area contributed by atoms with Crippen LogP contribution in [-0.2, 0) is 0 Å². The molecule has 6 nitrogen and oxygen atoms in total. The molecule has 1 N–H and O–H groups in total. The van der Waals surface area contributed by atoms with Gasteiger partial charge in [0.1, 0.15) is 5.75 Å². The normalized spacial score (nSPS) is 15.8. The molecule has 0 aliphatic carbocycles. The number of hydrogen-bond acceptors (Lipinski definition) is 5. The number of hydrogen-bond donors (Lipinski definition) is 1. The first-order valence-electron chi connectivity index (χ1n) is 10.9. The summed E-state index contributed by atoms with van der Waals surface area (Å²) in [6, 6.07) is 19.6. The van der Waals surface area contributed by atoms with Gasteiger partial charge in [0.25, 0.3) is 5.91 Å². The van der Waals surface area contributed by atoms with E-state index >= 15 is 0 Å². The maximum absolute atomic E-state index is 12.8. The Kier molecular flexibility index (Phi) is 6.99. The molecule has 0 saturated carbocycles. The van der Waals surface area contributed by atoms with Gasteiger partial charge in [-0.3, -0.25) is 9.69 Å². The monoisotopic (exact) mass is 419 g/mol. The van der Waals surface area contributed by atoms with E-state index in [4.69, 9.17) is 9.26 Å². The molecule has 1 aromatic heterocycles. The minimum absolute atomic E-state index is 0.105. The Hall–Kier alpha value is -3.12. The summed E-state index contributed by atoms with van der Waals surface area (Å²) in [4.78, 5) is 15.3. The van der Waals surface area contributed by atoms with Crippen LogP contribution in [0.1, 0.15) is 47.8 Å². The molecule has 4 rings (SSSR count). The molecule has 1 fully saturated rings. The molecule has 1 saturated heterocycles. The molecular weight excluding hydrogens is 390 g/mol. The zero-order valence-corrected chi connectivity index (χ0v) is 17.9. The number of amides is 1. The minimum atomic E-state index is -0.223. The van der Waals surface area contributed by atoms with Gasteiger partial charge < -0.3 is 14.6 Å². The molecule has 2 heterocycles. The lowest BCUT2D eigenvalue weighted by Gasteiger charge is -2.31. The number of nitrogens with one attached hydrogen (secondary N) is 1. The predicted molar refractivity (Wildman–Crippen MR) is 120 cm³/mol. The van der Waals surface area contributed by atoms with Gasteiger partial charge in [0.15, 0.2) is 11.5 Å². The fraction of sp³-hybridized carbons (Fsp3) is 0.360. The average molecular weight is 420 g/mol. The first-order chi connectivity index (χ1) is 15.2. The van der Waals surface area contributed by atoms with Crippen LogP contribution >= 0.6 is 0 Å². The summed E-state index contributed by atoms with van der Waals surface area (Å²) in [5.41, 5.74) is 2.37. The third-order valence-electron chi connectivity index (χ3n) is 5.84. The van der Waals surface area contributed by atoms with Gasteiger partial charge >= 0.3 is 0 Å². The summed E-state index contributed by atoms with van der Waals surface area (Å²) < 4.78 is 10.7. The number of rotatable bonds is 7. The van der Waals surface area contributed by atoms with Crippen LogP contribution < -0.4 is 10.1 Å². The molecule has 1 aliphatic heterocycles. The summed E-state index contributed by atoms with van der Waals surface area (Å²) in [6.07, 6.45) is 4.90. The summed E-state index contributed by atoms with van der Waals surface area (Å²) in [5.74, 6) is 1.20. The van der Waals surface area contributed by atoms with Gasteiger partial charge in [-0.15, -0.1) is 0 Å².